The third kappa shape index (κ3) is 6.27. The number of amides is 1. The molecule has 1 aromatic carbocycles. The van der Waals surface area contributed by atoms with E-state index < -0.39 is 5.60 Å². The third-order valence-electron chi connectivity index (χ3n) is 4.72. The van der Waals surface area contributed by atoms with Gasteiger partial charge >= 0.3 is 0 Å². The van der Waals surface area contributed by atoms with Crippen LogP contribution in [0.1, 0.15) is 33.6 Å². The molecule has 1 atom stereocenters. The minimum Gasteiger partial charge on any atom is -0.494 e. The highest BCUT2D eigenvalue weighted by molar-refractivity contribution is 5.97. The van der Waals surface area contributed by atoms with Crippen molar-refractivity contribution in [2.45, 2.75) is 39.2 Å². The van der Waals surface area contributed by atoms with Gasteiger partial charge in [-0.05, 0) is 51.0 Å². The molecule has 1 saturated heterocycles. The third-order valence-corrected chi connectivity index (χ3v) is 4.72. The minimum atomic E-state index is -0.802. The number of carbonyl (C=O) groups excluding carboxylic acids is 1. The molecule has 1 fully saturated rings. The second-order valence-corrected chi connectivity index (χ2v) is 6.65. The molecule has 0 unspecified atom stereocenters. The number of anilines is 1. The second kappa shape index (κ2) is 10.5. The van der Waals surface area contributed by atoms with Crippen molar-refractivity contribution < 1.29 is 19.0 Å². The van der Waals surface area contributed by atoms with Gasteiger partial charge in [0.2, 0.25) is 0 Å². The lowest BCUT2D eigenvalue weighted by atomic mass is 10.0. The van der Waals surface area contributed by atoms with Gasteiger partial charge in [0, 0.05) is 31.9 Å². The summed E-state index contributed by atoms with van der Waals surface area (Å²) in [7, 11) is 0. The Morgan fingerprint density at radius 1 is 1.23 bits per heavy atom. The predicted octanol–water partition coefficient (Wildman–Crippen LogP) is 2.93. The van der Waals surface area contributed by atoms with Crippen LogP contribution in [0.2, 0.25) is 0 Å². The summed E-state index contributed by atoms with van der Waals surface area (Å²) in [6.45, 7) is 11.6. The highest BCUT2D eigenvalue weighted by Crippen LogP contribution is 2.20. The van der Waals surface area contributed by atoms with Crippen molar-refractivity contribution in [3.05, 3.63) is 24.3 Å². The molecule has 0 aromatic heterocycles. The number of nitrogens with zero attached hydrogens (tertiary/aromatic N) is 1. The van der Waals surface area contributed by atoms with Gasteiger partial charge in [0.15, 0.2) is 0 Å². The van der Waals surface area contributed by atoms with Crippen LogP contribution in [0, 0.1) is 0 Å². The molecule has 1 amide bonds. The van der Waals surface area contributed by atoms with E-state index in [1.807, 2.05) is 45.0 Å². The Kier molecular flexibility index (Phi) is 8.35. The normalized spacial score (nSPS) is 17.5. The summed E-state index contributed by atoms with van der Waals surface area (Å²) >= 11 is 0. The van der Waals surface area contributed by atoms with Crippen molar-refractivity contribution in [3.63, 3.8) is 0 Å². The topological polar surface area (TPSA) is 60.0 Å². The molecular formula is C20H32N2O4. The summed E-state index contributed by atoms with van der Waals surface area (Å²) in [4.78, 5) is 14.8. The van der Waals surface area contributed by atoms with Crippen molar-refractivity contribution >= 4 is 11.6 Å². The van der Waals surface area contributed by atoms with Crippen LogP contribution < -0.4 is 10.1 Å². The maximum absolute atomic E-state index is 12.4. The van der Waals surface area contributed by atoms with Crippen LogP contribution in [-0.2, 0) is 14.3 Å². The van der Waals surface area contributed by atoms with Crippen molar-refractivity contribution in [2.24, 2.45) is 0 Å². The van der Waals surface area contributed by atoms with Gasteiger partial charge in [0.25, 0.3) is 5.91 Å². The quantitative estimate of drug-likeness (QED) is 0.647. The first kappa shape index (κ1) is 20.7. The fourth-order valence-electron chi connectivity index (χ4n) is 2.85. The fraction of sp³-hybridized carbons (Fsp3) is 0.650. The molecule has 1 heterocycles. The standard InChI is InChI=1S/C20H32N2O4/c1-4-20(3,26-5-2)19(23)21-17-7-9-18(10-8-17)25-14-6-11-22-12-15-24-16-13-22/h7-10H,4-6,11-16H2,1-3H3,(H,21,23)/t20-/m1/s1. The van der Waals surface area contributed by atoms with Crippen LogP contribution in [0.5, 0.6) is 5.75 Å². The van der Waals surface area contributed by atoms with E-state index in [0.717, 1.165) is 50.7 Å². The first-order chi connectivity index (χ1) is 12.6. The van der Waals surface area contributed by atoms with Gasteiger partial charge in [-0.1, -0.05) is 6.92 Å². The van der Waals surface area contributed by atoms with E-state index in [2.05, 4.69) is 10.2 Å². The highest BCUT2D eigenvalue weighted by Gasteiger charge is 2.31. The summed E-state index contributed by atoms with van der Waals surface area (Å²) in [6, 6.07) is 7.48. The van der Waals surface area contributed by atoms with Gasteiger partial charge in [-0.25, -0.2) is 0 Å². The van der Waals surface area contributed by atoms with Crippen LogP contribution in [0.4, 0.5) is 5.69 Å². The average molecular weight is 364 g/mol. The molecule has 26 heavy (non-hydrogen) atoms. The Morgan fingerprint density at radius 3 is 2.54 bits per heavy atom. The molecule has 0 spiro atoms. The molecule has 1 aromatic rings. The summed E-state index contributed by atoms with van der Waals surface area (Å²) in [6.07, 6.45) is 1.61. The minimum absolute atomic E-state index is 0.124. The first-order valence-electron chi connectivity index (χ1n) is 9.55. The van der Waals surface area contributed by atoms with Gasteiger partial charge in [0.1, 0.15) is 11.4 Å². The van der Waals surface area contributed by atoms with Gasteiger partial charge in [0.05, 0.1) is 19.8 Å². The molecule has 0 bridgehead atoms. The van der Waals surface area contributed by atoms with Crippen molar-refractivity contribution in [3.8, 4) is 5.75 Å². The Labute approximate surface area is 156 Å². The number of morpholine rings is 1. The zero-order valence-corrected chi connectivity index (χ0v) is 16.3. The van der Waals surface area contributed by atoms with Crippen LogP contribution in [0.3, 0.4) is 0 Å². The molecule has 1 N–H and O–H groups in total. The molecule has 0 saturated carbocycles. The van der Waals surface area contributed by atoms with Crippen molar-refractivity contribution in [1.29, 1.82) is 0 Å². The SMILES string of the molecule is CCO[C@](C)(CC)C(=O)Nc1ccc(OCCCN2CCOCC2)cc1. The number of hydrogen-bond acceptors (Lipinski definition) is 5. The van der Waals surface area contributed by atoms with Gasteiger partial charge < -0.3 is 19.5 Å². The van der Waals surface area contributed by atoms with Crippen molar-refractivity contribution in [1.82, 2.24) is 4.90 Å². The lowest BCUT2D eigenvalue weighted by Gasteiger charge is -2.26. The molecule has 2 rings (SSSR count). The monoisotopic (exact) mass is 364 g/mol. The molecule has 6 heteroatoms. The van der Waals surface area contributed by atoms with E-state index in [1.165, 1.54) is 0 Å². The van der Waals surface area contributed by atoms with E-state index in [1.54, 1.807) is 0 Å². The molecular weight excluding hydrogens is 332 g/mol. The van der Waals surface area contributed by atoms with Crippen molar-refractivity contribution in [2.75, 3.05) is 51.4 Å². The van der Waals surface area contributed by atoms with E-state index in [-0.39, 0.29) is 5.91 Å². The summed E-state index contributed by atoms with van der Waals surface area (Å²) in [5.41, 5.74) is -0.0568. The first-order valence-corrected chi connectivity index (χ1v) is 9.55. The summed E-state index contributed by atoms with van der Waals surface area (Å²) < 4.78 is 16.7. The maximum Gasteiger partial charge on any atom is 0.256 e. The van der Waals surface area contributed by atoms with Crippen LogP contribution in [-0.4, -0.2) is 62.5 Å². The lowest BCUT2D eigenvalue weighted by molar-refractivity contribution is -0.139. The molecule has 146 valence electrons. The maximum atomic E-state index is 12.4. The second-order valence-electron chi connectivity index (χ2n) is 6.65. The number of nitrogens with one attached hydrogen (secondary N) is 1. The Hall–Kier alpha value is -1.63. The van der Waals surface area contributed by atoms with Gasteiger partial charge in [-0.2, -0.15) is 0 Å². The molecule has 6 nitrogen and oxygen atoms in total. The Balaban J connectivity index is 1.74. The van der Waals surface area contributed by atoms with Gasteiger partial charge in [-0.15, -0.1) is 0 Å². The molecule has 0 radical (unpaired) electrons. The van der Waals surface area contributed by atoms with E-state index in [9.17, 15) is 4.79 Å². The zero-order valence-electron chi connectivity index (χ0n) is 16.3. The average Bonchev–Trinajstić information content (AvgIpc) is 2.67. The largest absolute Gasteiger partial charge is 0.494 e. The number of hydrogen-bond donors (Lipinski definition) is 1. The fourth-order valence-corrected chi connectivity index (χ4v) is 2.85. The van der Waals surface area contributed by atoms with Crippen LogP contribution >= 0.6 is 0 Å². The highest BCUT2D eigenvalue weighted by atomic mass is 16.5. The van der Waals surface area contributed by atoms with E-state index >= 15 is 0 Å². The number of rotatable bonds is 10. The lowest BCUT2D eigenvalue weighted by Crippen LogP contribution is -2.42. The molecule has 1 aliphatic heterocycles. The van der Waals surface area contributed by atoms with Crippen LogP contribution in [0.15, 0.2) is 24.3 Å². The molecule has 1 aliphatic rings. The predicted molar refractivity (Wildman–Crippen MR) is 103 cm³/mol. The molecule has 0 aliphatic carbocycles. The Bertz CT molecular complexity index is 543. The smallest absolute Gasteiger partial charge is 0.256 e. The van der Waals surface area contributed by atoms with E-state index in [4.69, 9.17) is 14.2 Å². The van der Waals surface area contributed by atoms with Crippen LogP contribution in [0.25, 0.3) is 0 Å². The summed E-state index contributed by atoms with van der Waals surface area (Å²) in [5.74, 6) is 0.689. The Morgan fingerprint density at radius 2 is 1.92 bits per heavy atom. The van der Waals surface area contributed by atoms with Gasteiger partial charge in [-0.3, -0.25) is 9.69 Å². The van der Waals surface area contributed by atoms with E-state index in [0.29, 0.717) is 19.6 Å². The summed E-state index contributed by atoms with van der Waals surface area (Å²) in [5, 5.41) is 2.92. The number of carbonyl (C=O) groups is 1. The number of benzene rings is 1. The number of ether oxygens (including phenoxy) is 3. The zero-order chi connectivity index (χ0) is 18.8.